The highest BCUT2D eigenvalue weighted by Gasteiger charge is 2.37. The van der Waals surface area contributed by atoms with Gasteiger partial charge in [-0.05, 0) is 81.6 Å². The Morgan fingerprint density at radius 2 is 1.31 bits per heavy atom. The Bertz CT molecular complexity index is 457. The van der Waals surface area contributed by atoms with Crippen molar-refractivity contribution in [3.63, 3.8) is 0 Å². The van der Waals surface area contributed by atoms with Gasteiger partial charge in [0.25, 0.3) is 0 Å². The smallest absolute Gasteiger partial charge is 0.223 e. The minimum atomic E-state index is 0. The highest BCUT2D eigenvalue weighted by Crippen LogP contribution is 2.40. The van der Waals surface area contributed by atoms with Crippen LogP contribution < -0.4 is 5.32 Å². The average molecular weight is 425 g/mol. The van der Waals surface area contributed by atoms with Crippen molar-refractivity contribution < 1.29 is 4.79 Å². The number of carbonyl (C=O) groups is 1. The Labute approximate surface area is 185 Å². The summed E-state index contributed by atoms with van der Waals surface area (Å²) in [6.07, 6.45) is 20.2. The first-order valence-corrected chi connectivity index (χ1v) is 12.8. The van der Waals surface area contributed by atoms with Gasteiger partial charge < -0.3 is 10.2 Å². The molecule has 1 heterocycles. The van der Waals surface area contributed by atoms with E-state index >= 15 is 0 Å². The quantitative estimate of drug-likeness (QED) is 0.498. The Kier molecular flexibility index (Phi) is 9.62. The van der Waals surface area contributed by atoms with Gasteiger partial charge in [0.1, 0.15) is 0 Å². The van der Waals surface area contributed by atoms with Gasteiger partial charge in [-0.1, -0.05) is 44.9 Å². The molecule has 1 amide bonds. The van der Waals surface area contributed by atoms with E-state index < -0.39 is 0 Å². The average Bonchev–Trinajstić information content (AvgIpc) is 3.31. The van der Waals surface area contributed by atoms with Gasteiger partial charge in [0, 0.05) is 25.6 Å². The van der Waals surface area contributed by atoms with Crippen LogP contribution in [0.1, 0.15) is 96.3 Å². The maximum atomic E-state index is 13.2. The molecule has 1 saturated heterocycles. The maximum Gasteiger partial charge on any atom is 0.223 e. The van der Waals surface area contributed by atoms with Crippen LogP contribution >= 0.6 is 12.4 Å². The summed E-state index contributed by atoms with van der Waals surface area (Å²) in [7, 11) is 0. The summed E-state index contributed by atoms with van der Waals surface area (Å²) in [6.45, 7) is 4.85. The van der Waals surface area contributed by atoms with E-state index in [4.69, 9.17) is 0 Å². The number of hydrogen-bond acceptors (Lipinski definition) is 2. The summed E-state index contributed by atoms with van der Waals surface area (Å²) >= 11 is 0. The molecule has 4 heteroatoms. The minimum Gasteiger partial charge on any atom is -0.356 e. The largest absolute Gasteiger partial charge is 0.356 e. The number of amides is 1. The molecule has 4 aliphatic rings. The van der Waals surface area contributed by atoms with E-state index in [1.807, 2.05) is 0 Å². The topological polar surface area (TPSA) is 32.3 Å². The molecule has 2 unspecified atom stereocenters. The summed E-state index contributed by atoms with van der Waals surface area (Å²) in [6, 6.07) is 0. The monoisotopic (exact) mass is 424 g/mol. The van der Waals surface area contributed by atoms with E-state index in [2.05, 4.69) is 10.2 Å². The van der Waals surface area contributed by atoms with Crippen molar-refractivity contribution >= 4 is 18.3 Å². The van der Waals surface area contributed by atoms with Gasteiger partial charge in [0.2, 0.25) is 5.91 Å². The van der Waals surface area contributed by atoms with Gasteiger partial charge in [-0.15, -0.1) is 12.4 Å². The van der Waals surface area contributed by atoms with E-state index in [-0.39, 0.29) is 12.4 Å². The van der Waals surface area contributed by atoms with Crippen LogP contribution in [0.5, 0.6) is 0 Å². The van der Waals surface area contributed by atoms with Crippen LogP contribution in [-0.2, 0) is 4.79 Å². The van der Waals surface area contributed by atoms with E-state index in [1.54, 1.807) is 0 Å². The number of halogens is 1. The number of nitrogens with one attached hydrogen (secondary N) is 1. The molecule has 0 aromatic carbocycles. The highest BCUT2D eigenvalue weighted by atomic mass is 35.5. The number of rotatable bonds is 8. The van der Waals surface area contributed by atoms with Crippen molar-refractivity contribution in [2.24, 2.45) is 29.6 Å². The molecule has 0 aromatic heterocycles. The molecule has 29 heavy (non-hydrogen) atoms. The summed E-state index contributed by atoms with van der Waals surface area (Å²) in [4.78, 5) is 15.9. The van der Waals surface area contributed by atoms with Gasteiger partial charge in [0.15, 0.2) is 0 Å². The summed E-state index contributed by atoms with van der Waals surface area (Å²) in [5, 5.41) is 3.39. The van der Waals surface area contributed by atoms with Crippen molar-refractivity contribution in [3.05, 3.63) is 0 Å². The van der Waals surface area contributed by atoms with Crippen molar-refractivity contribution in [3.8, 4) is 0 Å². The Hall–Kier alpha value is -0.280. The predicted octanol–water partition coefficient (Wildman–Crippen LogP) is 5.81. The molecule has 3 saturated carbocycles. The van der Waals surface area contributed by atoms with Crippen molar-refractivity contribution in [2.75, 3.05) is 26.2 Å². The van der Waals surface area contributed by atoms with E-state index in [0.29, 0.717) is 23.7 Å². The number of likely N-dealkylation sites (tertiary alicyclic amines) is 1. The second-order valence-corrected chi connectivity index (χ2v) is 10.5. The standard InChI is InChI=1S/C25H44N2O.ClH/c28-25(24(20-10-3-1-4-11-20)21-12-5-2-6-13-21)26-16-7-8-17-27-18-22-14-9-15-23(22)19-27;/h20-24H,1-19H2,(H,26,28);1H. The first-order valence-electron chi connectivity index (χ1n) is 12.8. The maximum absolute atomic E-state index is 13.2. The van der Waals surface area contributed by atoms with Crippen molar-refractivity contribution in [1.82, 2.24) is 10.2 Å². The van der Waals surface area contributed by atoms with Gasteiger partial charge in [-0.2, -0.15) is 0 Å². The highest BCUT2D eigenvalue weighted by molar-refractivity contribution is 5.85. The predicted molar refractivity (Wildman–Crippen MR) is 123 cm³/mol. The summed E-state index contributed by atoms with van der Waals surface area (Å²) in [5.41, 5.74) is 0. The number of hydrogen-bond donors (Lipinski definition) is 1. The number of nitrogens with zero attached hydrogens (tertiary/aromatic N) is 1. The molecule has 4 rings (SSSR count). The van der Waals surface area contributed by atoms with Crippen LogP contribution in [0.4, 0.5) is 0 Å². The molecular formula is C25H45ClN2O. The zero-order valence-electron chi connectivity index (χ0n) is 18.6. The molecule has 1 N–H and O–H groups in total. The third kappa shape index (κ3) is 6.35. The van der Waals surface area contributed by atoms with Crippen LogP contribution in [-0.4, -0.2) is 37.0 Å². The number of fused-ring (bicyclic) bond motifs is 1. The molecule has 1 aliphatic heterocycles. The second-order valence-electron chi connectivity index (χ2n) is 10.5. The Balaban J connectivity index is 0.00000240. The fourth-order valence-corrected chi connectivity index (χ4v) is 7.10. The first kappa shape index (κ1) is 23.4. The Morgan fingerprint density at radius 1 is 0.759 bits per heavy atom. The van der Waals surface area contributed by atoms with Gasteiger partial charge in [-0.3, -0.25) is 4.79 Å². The summed E-state index contributed by atoms with van der Waals surface area (Å²) < 4.78 is 0. The third-order valence-electron chi connectivity index (χ3n) is 8.62. The molecule has 168 valence electrons. The normalized spacial score (nSPS) is 29.0. The summed E-state index contributed by atoms with van der Waals surface area (Å²) in [5.74, 6) is 4.08. The lowest BCUT2D eigenvalue weighted by atomic mass is 9.69. The molecule has 0 bridgehead atoms. The van der Waals surface area contributed by atoms with Crippen molar-refractivity contribution in [2.45, 2.75) is 96.3 Å². The molecule has 2 atom stereocenters. The van der Waals surface area contributed by atoms with Gasteiger partial charge >= 0.3 is 0 Å². The molecule has 3 aliphatic carbocycles. The lowest BCUT2D eigenvalue weighted by Gasteiger charge is -2.36. The number of carbonyl (C=O) groups excluding carboxylic acids is 1. The molecule has 3 nitrogen and oxygen atoms in total. The van der Waals surface area contributed by atoms with Gasteiger partial charge in [-0.25, -0.2) is 0 Å². The third-order valence-corrected chi connectivity index (χ3v) is 8.62. The molecule has 0 aromatic rings. The molecular weight excluding hydrogens is 380 g/mol. The minimum absolute atomic E-state index is 0. The molecule has 4 fully saturated rings. The SMILES string of the molecule is Cl.O=C(NCCCCN1CC2CCCC2C1)C(C1CCCCC1)C1CCCCC1. The Morgan fingerprint density at radius 3 is 1.86 bits per heavy atom. The lowest BCUT2D eigenvalue weighted by Crippen LogP contribution is -2.41. The zero-order valence-corrected chi connectivity index (χ0v) is 19.4. The second kappa shape index (κ2) is 11.9. The fourth-order valence-electron chi connectivity index (χ4n) is 7.10. The van der Waals surface area contributed by atoms with Crippen LogP contribution in [0.2, 0.25) is 0 Å². The van der Waals surface area contributed by atoms with Crippen LogP contribution in [0.3, 0.4) is 0 Å². The molecule has 0 radical (unpaired) electrons. The molecule has 0 spiro atoms. The van der Waals surface area contributed by atoms with Gasteiger partial charge in [0.05, 0.1) is 0 Å². The van der Waals surface area contributed by atoms with Crippen LogP contribution in [0.15, 0.2) is 0 Å². The van der Waals surface area contributed by atoms with E-state index in [0.717, 1.165) is 24.8 Å². The van der Waals surface area contributed by atoms with Crippen LogP contribution in [0.25, 0.3) is 0 Å². The zero-order chi connectivity index (χ0) is 19.2. The van der Waals surface area contributed by atoms with E-state index in [9.17, 15) is 4.79 Å². The van der Waals surface area contributed by atoms with Crippen LogP contribution in [0, 0.1) is 29.6 Å². The lowest BCUT2D eigenvalue weighted by molar-refractivity contribution is -0.130. The first-order chi connectivity index (χ1) is 13.8. The van der Waals surface area contributed by atoms with E-state index in [1.165, 1.54) is 110 Å². The van der Waals surface area contributed by atoms with Crippen molar-refractivity contribution in [1.29, 1.82) is 0 Å². The fraction of sp³-hybridized carbons (Fsp3) is 0.960. The number of unbranched alkanes of at least 4 members (excludes halogenated alkanes) is 1.